The van der Waals surface area contributed by atoms with Crippen LogP contribution in [-0.4, -0.2) is 133 Å². The summed E-state index contributed by atoms with van der Waals surface area (Å²) in [6, 6.07) is 12.7. The first-order valence-electron chi connectivity index (χ1n) is 33.7. The van der Waals surface area contributed by atoms with Gasteiger partial charge in [-0.2, -0.15) is 0 Å². The van der Waals surface area contributed by atoms with E-state index in [4.69, 9.17) is 23.7 Å². The highest BCUT2D eigenvalue weighted by molar-refractivity contribution is 8.76. The number of aryl methyl sites for hydroxylation is 1. The van der Waals surface area contributed by atoms with E-state index in [2.05, 4.69) is 29.4 Å². The van der Waals surface area contributed by atoms with Gasteiger partial charge in [0, 0.05) is 77.1 Å². The van der Waals surface area contributed by atoms with Crippen molar-refractivity contribution in [3.8, 4) is 40.6 Å². The maximum atomic E-state index is 13.3. The van der Waals surface area contributed by atoms with Gasteiger partial charge in [0.25, 0.3) is 0 Å². The number of hydrogen-bond donors (Lipinski definition) is 10. The normalized spacial score (nSPS) is 35.3. The van der Waals surface area contributed by atoms with Crippen LogP contribution in [0.1, 0.15) is 175 Å². The van der Waals surface area contributed by atoms with Crippen molar-refractivity contribution in [1.82, 2.24) is 15.2 Å². The van der Waals surface area contributed by atoms with Gasteiger partial charge in [0.2, 0.25) is 11.7 Å². The molecule has 1 saturated heterocycles. The molecule has 16 unspecified atom stereocenters. The summed E-state index contributed by atoms with van der Waals surface area (Å²) in [5, 5.41) is 102. The number of rotatable bonds is 7. The molecule has 1 amide bonds. The topological polar surface area (TPSA) is 254 Å². The van der Waals surface area contributed by atoms with Crippen LogP contribution >= 0.6 is 21.6 Å². The number of amides is 1. The summed E-state index contributed by atoms with van der Waals surface area (Å²) >= 11 is 0. The predicted octanol–water partition coefficient (Wildman–Crippen LogP) is 10.3. The molecule has 16 atom stereocenters. The number of carbonyl (C=O) groups is 1. The Hall–Kier alpha value is -4.43. The molecular formula is C71H97N3O14S2. The lowest BCUT2D eigenvalue weighted by Gasteiger charge is -2.65. The van der Waals surface area contributed by atoms with E-state index in [0.717, 1.165) is 105 Å². The van der Waals surface area contributed by atoms with Crippen LogP contribution in [0.4, 0.5) is 0 Å². The van der Waals surface area contributed by atoms with E-state index >= 15 is 0 Å². The molecule has 492 valence electrons. The van der Waals surface area contributed by atoms with Crippen molar-refractivity contribution in [3.63, 3.8) is 0 Å². The highest BCUT2D eigenvalue weighted by Gasteiger charge is 2.65. The van der Waals surface area contributed by atoms with Crippen LogP contribution in [0, 0.1) is 58.2 Å². The van der Waals surface area contributed by atoms with Gasteiger partial charge >= 0.3 is 0 Å². The minimum Gasteiger partial charge on any atom is -0.504 e. The minimum absolute atomic E-state index is 0.00115. The summed E-state index contributed by atoms with van der Waals surface area (Å²) in [5.74, 6) is 8.93. The molecule has 0 radical (unpaired) electrons. The quantitative estimate of drug-likeness (QED) is 0.0469. The summed E-state index contributed by atoms with van der Waals surface area (Å²) in [5.41, 5.74) is 2.40. The molecule has 5 fully saturated rings. The molecular weight excluding hydrogens is 1180 g/mol. The van der Waals surface area contributed by atoms with Crippen LogP contribution in [0.3, 0.4) is 0 Å². The second kappa shape index (κ2) is 28.7. The number of benzene rings is 3. The van der Waals surface area contributed by atoms with Crippen molar-refractivity contribution < 1.29 is 69.3 Å². The number of nitrogens with one attached hydrogen (secondary N) is 2. The molecule has 1 aromatic heterocycles. The fourth-order valence-corrected chi connectivity index (χ4v) is 21.4. The summed E-state index contributed by atoms with van der Waals surface area (Å²) in [6.07, 6.45) is 17.1. The van der Waals surface area contributed by atoms with E-state index in [-0.39, 0.29) is 107 Å². The molecule has 90 heavy (non-hydrogen) atoms. The van der Waals surface area contributed by atoms with E-state index in [1.165, 1.54) is 48.0 Å². The van der Waals surface area contributed by atoms with Crippen molar-refractivity contribution in [3.05, 3.63) is 77.1 Å². The molecule has 9 bridgehead atoms. The van der Waals surface area contributed by atoms with Crippen molar-refractivity contribution in [1.29, 1.82) is 0 Å². The van der Waals surface area contributed by atoms with E-state index < -0.39 is 55.3 Å². The zero-order valence-electron chi connectivity index (χ0n) is 52.6. The summed E-state index contributed by atoms with van der Waals surface area (Å²) in [7, 11) is 4.32. The van der Waals surface area contributed by atoms with Crippen LogP contribution in [0.5, 0.6) is 28.7 Å². The van der Waals surface area contributed by atoms with Crippen molar-refractivity contribution in [2.45, 2.75) is 215 Å². The first kappa shape index (κ1) is 65.6. The molecule has 4 aliphatic carbocycles. The highest BCUT2D eigenvalue weighted by atomic mass is 33.1. The predicted molar refractivity (Wildman–Crippen MR) is 347 cm³/mol. The number of aliphatic hydroxyl groups excluding tert-OH is 6. The number of aromatic hydroxyl groups is 2. The third kappa shape index (κ3) is 13.7. The molecule has 3 spiro atoms. The Labute approximate surface area is 538 Å². The van der Waals surface area contributed by atoms with Gasteiger partial charge in [-0.25, -0.2) is 0 Å². The first-order chi connectivity index (χ1) is 43.6. The Morgan fingerprint density at radius 3 is 2.51 bits per heavy atom. The number of hydrogen-bond acceptors (Lipinski definition) is 17. The molecule has 6 aliphatic heterocycles. The van der Waals surface area contributed by atoms with Crippen LogP contribution in [0.15, 0.2) is 54.9 Å². The van der Waals surface area contributed by atoms with Crippen molar-refractivity contribution >= 4 is 38.3 Å². The Balaban J connectivity index is 0.929. The maximum absolute atomic E-state index is 13.3. The van der Waals surface area contributed by atoms with Gasteiger partial charge in [-0.1, -0.05) is 78.3 Å². The molecule has 4 aromatic rings. The third-order valence-corrected chi connectivity index (χ3v) is 25.8. The van der Waals surface area contributed by atoms with Gasteiger partial charge in [0.1, 0.15) is 13.5 Å². The van der Waals surface area contributed by atoms with Gasteiger partial charge in [-0.3, -0.25) is 4.79 Å². The van der Waals surface area contributed by atoms with Gasteiger partial charge < -0.3 is 79.7 Å². The second-order valence-electron chi connectivity index (χ2n) is 28.2. The number of aromatic nitrogens is 1. The summed E-state index contributed by atoms with van der Waals surface area (Å²) in [6.45, 7) is 2.77. The number of aliphatic hydroxyl groups is 6. The van der Waals surface area contributed by atoms with Crippen molar-refractivity contribution in [2.24, 2.45) is 46.3 Å². The molecule has 10 N–H and O–H groups in total. The first-order valence-corrected chi connectivity index (χ1v) is 36.1. The number of phenolic OH excluding ortho intramolecular Hbond substituents is 2. The van der Waals surface area contributed by atoms with Crippen LogP contribution in [0.2, 0.25) is 0 Å². The molecule has 14 rings (SSSR count). The number of fused-ring (bicyclic) bond motifs is 1. The minimum atomic E-state index is -1.13. The Bertz CT molecular complexity index is 3180. The van der Waals surface area contributed by atoms with Crippen LogP contribution < -0.4 is 24.8 Å². The molecule has 17 nitrogen and oxygen atoms in total. The van der Waals surface area contributed by atoms with E-state index in [9.17, 15) is 45.6 Å². The summed E-state index contributed by atoms with van der Waals surface area (Å²) in [4.78, 5) is 13.3. The average molecular weight is 1280 g/mol. The van der Waals surface area contributed by atoms with Crippen LogP contribution in [-0.2, 0) is 33.8 Å². The lowest BCUT2D eigenvalue weighted by Crippen LogP contribution is -2.62. The second-order valence-corrected chi connectivity index (χ2v) is 30.9. The van der Waals surface area contributed by atoms with Gasteiger partial charge in [0.05, 0.1) is 43.7 Å². The van der Waals surface area contributed by atoms with E-state index in [1.54, 1.807) is 12.1 Å². The van der Waals surface area contributed by atoms with Crippen molar-refractivity contribution in [2.75, 3.05) is 39.6 Å². The number of methoxy groups -OCH3 is 1. The molecule has 3 aromatic carbocycles. The van der Waals surface area contributed by atoms with Gasteiger partial charge in [-0.15, -0.1) is 5.92 Å². The SMILES string of the molecule is COc1cc(CC2C(O)CSSC3CC(O)c4cccc5cn(cc45)COCCCC4NC(=O)CC4C(O)CC4CCC56CC(CCC5CNC5(CC#CC67CC(C)CCC47)CCCCC5)Oc4cc(c3cc4O)CCC(OCO)CC2O)cc(OCO)c1O. The molecule has 10 aliphatic rings. The smallest absolute Gasteiger partial charge is 0.220 e. The fraction of sp³-hybridized carbons (Fsp3) is 0.676. The lowest BCUT2D eigenvalue weighted by molar-refractivity contribution is -0.161. The van der Waals surface area contributed by atoms with Crippen LogP contribution in [0.25, 0.3) is 10.8 Å². The fourth-order valence-electron chi connectivity index (χ4n) is 18.5. The van der Waals surface area contributed by atoms with E-state index in [0.29, 0.717) is 68.3 Å². The Morgan fingerprint density at radius 2 is 1.69 bits per heavy atom. The molecule has 4 saturated carbocycles. The zero-order chi connectivity index (χ0) is 62.7. The number of carbonyl (C=O) groups excluding carboxylic acids is 1. The number of nitrogens with zero attached hydrogens (tertiary/aromatic N) is 1. The lowest BCUT2D eigenvalue weighted by atomic mass is 9.38. The largest absolute Gasteiger partial charge is 0.504 e. The highest BCUT2D eigenvalue weighted by Crippen LogP contribution is 2.70. The average Bonchev–Trinajstić information content (AvgIpc) is 0.810. The Morgan fingerprint density at radius 1 is 0.844 bits per heavy atom. The standard InChI is InChI=1S/C71H97N3O14S2/c1-43-12-17-56-46-18-23-70-35-50(16-14-48(70)36-72-69(19-4-3-5-20-69)21-8-22-71(56,70)34-43)88-63-29-45-13-15-49(86-41-75)30-59(78)54(25-44-26-64(84-2)68(83)65(27-44)87-42-76)62(81)39-89-90-66(52(45)31-61(63)80)33-60(79)51-10-6-9-47-37-74(38-55(47)51)40-85-24-7-11-57-53(58(77)28-46)32-67(82)73-57/h6,9-10,26-27,29,31,37-38,43,46,48-50,53-54,56-60,62,66,72,75-81,83H,3-5,7,11-21,23-25,28,30,32-36,39-42H2,1-2H3,(H,73,82). The third-order valence-electron chi connectivity index (χ3n) is 22.9. The van der Waals surface area contributed by atoms with E-state index in [1.807, 2.05) is 47.3 Å². The Kier molecular flexibility index (Phi) is 20.9. The van der Waals surface area contributed by atoms with Gasteiger partial charge in [0.15, 0.2) is 29.8 Å². The number of ether oxygens (including phenoxy) is 5. The monoisotopic (exact) mass is 1280 g/mol. The molecule has 7 heterocycles. The maximum Gasteiger partial charge on any atom is 0.220 e. The zero-order valence-corrected chi connectivity index (χ0v) is 54.2. The van der Waals surface area contributed by atoms with Gasteiger partial charge in [-0.05, 0) is 197 Å². The molecule has 19 heteroatoms. The summed E-state index contributed by atoms with van der Waals surface area (Å²) < 4.78 is 32.5. The number of phenols is 2.